The lowest BCUT2D eigenvalue weighted by molar-refractivity contribution is -0.150. The van der Waals surface area contributed by atoms with Gasteiger partial charge in [-0.1, -0.05) is 12.1 Å². The molecule has 1 aliphatic heterocycles. The van der Waals surface area contributed by atoms with Gasteiger partial charge >= 0.3 is 11.9 Å². The topological polar surface area (TPSA) is 88.1 Å². The van der Waals surface area contributed by atoms with E-state index in [-0.39, 0.29) is 18.1 Å². The summed E-state index contributed by atoms with van der Waals surface area (Å²) in [5.41, 5.74) is 1.51. The zero-order valence-electron chi connectivity index (χ0n) is 16.3. The summed E-state index contributed by atoms with van der Waals surface area (Å²) in [6, 6.07) is 11.3. The van der Waals surface area contributed by atoms with Crippen molar-refractivity contribution in [3.05, 3.63) is 64.9 Å². The highest BCUT2D eigenvalue weighted by Crippen LogP contribution is 2.35. The van der Waals surface area contributed by atoms with E-state index in [0.29, 0.717) is 28.2 Å². The summed E-state index contributed by atoms with van der Waals surface area (Å²) < 4.78 is 20.8. The zero-order chi connectivity index (χ0) is 21.0. The molecule has 0 fully saturated rings. The maximum Gasteiger partial charge on any atom is 0.347 e. The van der Waals surface area contributed by atoms with Gasteiger partial charge in [0.25, 0.3) is 0 Å². The Balaban J connectivity index is 1.75. The Labute approximate surface area is 167 Å². The number of hydrogen-bond acceptors (Lipinski definition) is 7. The van der Waals surface area contributed by atoms with Gasteiger partial charge in [-0.2, -0.15) is 0 Å². The van der Waals surface area contributed by atoms with Crippen LogP contribution < -0.4 is 9.47 Å². The van der Waals surface area contributed by atoms with Crippen LogP contribution in [0.25, 0.3) is 6.08 Å². The van der Waals surface area contributed by atoms with E-state index in [0.717, 1.165) is 0 Å². The smallest absolute Gasteiger partial charge is 0.347 e. The van der Waals surface area contributed by atoms with Crippen LogP contribution in [-0.2, 0) is 14.3 Å². The van der Waals surface area contributed by atoms with Crippen molar-refractivity contribution >= 4 is 23.8 Å². The molecule has 29 heavy (non-hydrogen) atoms. The highest BCUT2D eigenvalue weighted by Gasteiger charge is 2.28. The molecule has 0 saturated carbocycles. The van der Waals surface area contributed by atoms with E-state index < -0.39 is 18.0 Å². The highest BCUT2D eigenvalue weighted by molar-refractivity contribution is 6.14. The fraction of sp³-hybridized carbons (Fsp3) is 0.227. The van der Waals surface area contributed by atoms with E-state index in [1.54, 1.807) is 62.4 Å². The molecular formula is C22H20O7. The van der Waals surface area contributed by atoms with Crippen LogP contribution >= 0.6 is 0 Å². The van der Waals surface area contributed by atoms with Crippen LogP contribution in [0, 0.1) is 0 Å². The van der Waals surface area contributed by atoms with Crippen molar-refractivity contribution in [1.29, 1.82) is 0 Å². The molecule has 1 aliphatic rings. The lowest BCUT2D eigenvalue weighted by atomic mass is 10.1. The van der Waals surface area contributed by atoms with Gasteiger partial charge in [-0.15, -0.1) is 0 Å². The largest absolute Gasteiger partial charge is 0.479 e. The van der Waals surface area contributed by atoms with Crippen LogP contribution in [0.1, 0.15) is 40.1 Å². The predicted octanol–water partition coefficient (Wildman–Crippen LogP) is 3.42. The normalized spacial score (nSPS) is 14.7. The number of ether oxygens (including phenoxy) is 4. The maximum atomic E-state index is 12.6. The van der Waals surface area contributed by atoms with Crippen molar-refractivity contribution < 1.29 is 33.3 Å². The van der Waals surface area contributed by atoms with E-state index in [1.165, 1.54) is 7.11 Å². The number of methoxy groups -OCH3 is 1. The molecule has 2 aromatic carbocycles. The van der Waals surface area contributed by atoms with Gasteiger partial charge in [0.2, 0.25) is 5.78 Å². The highest BCUT2D eigenvalue weighted by atomic mass is 16.6. The number of rotatable bonds is 6. The lowest BCUT2D eigenvalue weighted by Gasteiger charge is -2.13. The third kappa shape index (κ3) is 4.45. The second-order valence-electron chi connectivity index (χ2n) is 6.22. The Bertz CT molecular complexity index is 973. The first-order valence-electron chi connectivity index (χ1n) is 9.03. The van der Waals surface area contributed by atoms with Crippen LogP contribution in [0.5, 0.6) is 11.5 Å². The summed E-state index contributed by atoms with van der Waals surface area (Å²) >= 11 is 0. The molecule has 0 aromatic heterocycles. The number of allylic oxidation sites excluding steroid dienone is 1. The standard InChI is InChI=1S/C22H20O7/c1-4-27-21(24)13(2)28-16-9-10-17-18(12-16)29-19(20(17)23)11-14-5-7-15(8-6-14)22(25)26-3/h5-13H,4H2,1-3H3/b19-11-. The first-order chi connectivity index (χ1) is 13.9. The van der Waals surface area contributed by atoms with Crippen LogP contribution in [0.2, 0.25) is 0 Å². The minimum absolute atomic E-state index is 0.154. The minimum Gasteiger partial charge on any atom is -0.479 e. The fourth-order valence-electron chi connectivity index (χ4n) is 2.74. The molecule has 0 aliphatic carbocycles. The Morgan fingerprint density at radius 3 is 2.52 bits per heavy atom. The van der Waals surface area contributed by atoms with Gasteiger partial charge in [0, 0.05) is 6.07 Å². The molecule has 7 heteroatoms. The number of ketones is 1. The molecule has 0 saturated heterocycles. The number of carbonyl (C=O) groups excluding carboxylic acids is 3. The summed E-state index contributed by atoms with van der Waals surface area (Å²) in [4.78, 5) is 35.8. The van der Waals surface area contributed by atoms with E-state index in [1.807, 2.05) is 0 Å². The molecule has 0 amide bonds. The van der Waals surface area contributed by atoms with Crippen molar-refractivity contribution in [2.45, 2.75) is 20.0 Å². The van der Waals surface area contributed by atoms with Crippen LogP contribution in [0.4, 0.5) is 0 Å². The average molecular weight is 396 g/mol. The number of esters is 2. The third-order valence-corrected chi connectivity index (χ3v) is 4.20. The molecule has 1 unspecified atom stereocenters. The number of fused-ring (bicyclic) bond motifs is 1. The molecule has 3 rings (SSSR count). The molecule has 0 N–H and O–H groups in total. The van der Waals surface area contributed by atoms with Gasteiger partial charge in [0.05, 0.1) is 24.8 Å². The number of benzene rings is 2. The van der Waals surface area contributed by atoms with Gasteiger partial charge in [0.1, 0.15) is 11.5 Å². The second kappa shape index (κ2) is 8.60. The van der Waals surface area contributed by atoms with E-state index in [2.05, 4.69) is 4.74 Å². The minimum atomic E-state index is -0.784. The average Bonchev–Trinajstić information content (AvgIpc) is 3.02. The molecule has 7 nitrogen and oxygen atoms in total. The summed E-state index contributed by atoms with van der Waals surface area (Å²) in [7, 11) is 1.31. The van der Waals surface area contributed by atoms with Gasteiger partial charge in [-0.05, 0) is 49.8 Å². The first kappa shape index (κ1) is 20.1. The van der Waals surface area contributed by atoms with Gasteiger partial charge in [-0.3, -0.25) is 4.79 Å². The van der Waals surface area contributed by atoms with E-state index in [4.69, 9.17) is 14.2 Å². The van der Waals surface area contributed by atoms with Crippen molar-refractivity contribution in [1.82, 2.24) is 0 Å². The van der Waals surface area contributed by atoms with Gasteiger partial charge in [0.15, 0.2) is 11.9 Å². The molecule has 1 atom stereocenters. The summed E-state index contributed by atoms with van der Waals surface area (Å²) in [6.45, 7) is 3.57. The second-order valence-corrected chi connectivity index (χ2v) is 6.22. The fourth-order valence-corrected chi connectivity index (χ4v) is 2.74. The number of hydrogen-bond donors (Lipinski definition) is 0. The quantitative estimate of drug-likeness (QED) is 0.546. The molecular weight excluding hydrogens is 376 g/mol. The molecule has 0 spiro atoms. The van der Waals surface area contributed by atoms with Gasteiger partial charge < -0.3 is 18.9 Å². The zero-order valence-corrected chi connectivity index (χ0v) is 16.3. The molecule has 1 heterocycles. The summed E-state index contributed by atoms with van der Waals surface area (Å²) in [5.74, 6) is -0.277. The summed E-state index contributed by atoms with van der Waals surface area (Å²) in [6.07, 6.45) is 0.805. The Hall–Kier alpha value is -3.61. The van der Waals surface area contributed by atoms with Crippen molar-refractivity contribution in [3.63, 3.8) is 0 Å². The van der Waals surface area contributed by atoms with E-state index in [9.17, 15) is 14.4 Å². The van der Waals surface area contributed by atoms with Crippen molar-refractivity contribution in [2.75, 3.05) is 13.7 Å². The monoisotopic (exact) mass is 396 g/mol. The Morgan fingerprint density at radius 2 is 1.86 bits per heavy atom. The molecule has 0 radical (unpaired) electrons. The number of carbonyl (C=O) groups is 3. The van der Waals surface area contributed by atoms with Gasteiger partial charge in [-0.25, -0.2) is 9.59 Å². The van der Waals surface area contributed by atoms with Crippen LogP contribution in [-0.4, -0.2) is 37.5 Å². The molecule has 0 bridgehead atoms. The van der Waals surface area contributed by atoms with Crippen LogP contribution in [0.3, 0.4) is 0 Å². The predicted molar refractivity (Wildman–Crippen MR) is 104 cm³/mol. The van der Waals surface area contributed by atoms with Crippen molar-refractivity contribution in [3.8, 4) is 11.5 Å². The summed E-state index contributed by atoms with van der Waals surface area (Å²) in [5, 5.41) is 0. The maximum absolute atomic E-state index is 12.6. The molecule has 2 aromatic rings. The Morgan fingerprint density at radius 1 is 1.14 bits per heavy atom. The SMILES string of the molecule is CCOC(=O)C(C)Oc1ccc2c(c1)O/C(=C\c1ccc(C(=O)OC)cc1)C2=O. The molecule has 150 valence electrons. The van der Waals surface area contributed by atoms with E-state index >= 15 is 0 Å². The third-order valence-electron chi connectivity index (χ3n) is 4.20. The number of Topliss-reactive ketones (excluding diaryl/α,β-unsaturated/α-hetero) is 1. The Kier molecular flexibility index (Phi) is 5.97. The lowest BCUT2D eigenvalue weighted by Crippen LogP contribution is -2.26. The van der Waals surface area contributed by atoms with Crippen molar-refractivity contribution in [2.24, 2.45) is 0 Å². The van der Waals surface area contributed by atoms with Crippen LogP contribution in [0.15, 0.2) is 48.2 Å². The first-order valence-corrected chi connectivity index (χ1v) is 9.03.